The fourth-order valence-electron chi connectivity index (χ4n) is 10.2. The number of anilines is 4. The Bertz CT molecular complexity index is 4240. The summed E-state index contributed by atoms with van der Waals surface area (Å²) in [7, 11) is -7.60. The third-order valence-electron chi connectivity index (χ3n) is 15.2. The molecule has 35 heteroatoms. The number of nitrogens with one attached hydrogen (secondary N) is 7. The van der Waals surface area contributed by atoms with Crippen LogP contribution in [0.25, 0.3) is 44.2 Å². The SMILES string of the molecule is CCN(CC)c1ccc2c(-c3ccc(S(=O)(=O)NCCSSCC(NC(=O)C(CCCCN)NC(=O)C(CC(=O)O)NC(=O)CCC(NC(=O)c4ccc(NCc5cnc6[nH]c(N)nc(=O)c6n5)cc4)C(=O)O)C(=O)O)cc3S(=O)(=O)O)c3ccc(N(CC)CC)cc3[o+]c2c1. The molecule has 0 aliphatic heterocycles. The monoisotopic (exact) mass is 1400 g/mol. The van der Waals surface area contributed by atoms with Gasteiger partial charge in [0.1, 0.15) is 29.1 Å². The largest absolute Gasteiger partial charge is 0.481 e. The highest BCUT2D eigenvalue weighted by Gasteiger charge is 2.33. The number of hydrogen-bond acceptors (Lipinski definition) is 22. The fraction of sp³-hybridized carbons (Fsp3) is 0.377. The lowest BCUT2D eigenvalue weighted by Crippen LogP contribution is -2.56. The number of nitrogens with two attached hydrogens (primary N) is 2. The van der Waals surface area contributed by atoms with Crippen molar-refractivity contribution in [3.05, 3.63) is 107 Å². The Labute approximate surface area is 558 Å². The number of fused-ring (bicyclic) bond motifs is 3. The Balaban J connectivity index is 0.934. The normalized spacial score (nSPS) is 12.9. The highest BCUT2D eigenvalue weighted by molar-refractivity contribution is 8.76. The number of hydrogen-bond donors (Lipinski definition) is 13. The summed E-state index contributed by atoms with van der Waals surface area (Å²) in [5, 5.41) is 43.1. The first-order valence-corrected chi connectivity index (χ1v) is 35.7. The summed E-state index contributed by atoms with van der Waals surface area (Å²) in [5.41, 5.74) is 14.5. The predicted molar refractivity (Wildman–Crippen MR) is 363 cm³/mol. The van der Waals surface area contributed by atoms with Crippen molar-refractivity contribution in [2.45, 2.75) is 107 Å². The Hall–Kier alpha value is -9.26. The van der Waals surface area contributed by atoms with Crippen molar-refractivity contribution in [3.8, 4) is 11.1 Å². The Morgan fingerprint density at radius 1 is 0.708 bits per heavy atom. The molecule has 96 heavy (non-hydrogen) atoms. The summed E-state index contributed by atoms with van der Waals surface area (Å²) in [5.74, 6) is -8.93. The Morgan fingerprint density at radius 2 is 1.32 bits per heavy atom. The molecule has 4 atom stereocenters. The lowest BCUT2D eigenvalue weighted by atomic mass is 9.96. The van der Waals surface area contributed by atoms with Gasteiger partial charge in [0.05, 0.1) is 52.7 Å². The van der Waals surface area contributed by atoms with E-state index in [1.807, 2.05) is 52.0 Å². The zero-order valence-electron chi connectivity index (χ0n) is 52.6. The van der Waals surface area contributed by atoms with Crippen molar-refractivity contribution < 1.29 is 74.7 Å². The quantitative estimate of drug-likeness (QED) is 0.00854. The fourth-order valence-corrected chi connectivity index (χ4v) is 14.2. The van der Waals surface area contributed by atoms with Crippen molar-refractivity contribution in [2.75, 3.05) is 71.6 Å². The Morgan fingerprint density at radius 3 is 1.91 bits per heavy atom. The van der Waals surface area contributed by atoms with Crippen LogP contribution in [0.15, 0.2) is 104 Å². The first-order valence-electron chi connectivity index (χ1n) is 30.3. The van der Waals surface area contributed by atoms with Crippen molar-refractivity contribution in [2.24, 2.45) is 5.73 Å². The molecule has 0 fully saturated rings. The van der Waals surface area contributed by atoms with E-state index in [-0.39, 0.29) is 72.2 Å². The number of nitrogen functional groups attached to an aromatic ring is 1. The molecule has 0 saturated heterocycles. The van der Waals surface area contributed by atoms with Crippen molar-refractivity contribution >= 4 is 139 Å². The number of nitrogens with zero attached hydrogens (tertiary/aromatic N) is 5. The molecule has 0 aliphatic carbocycles. The first-order chi connectivity index (χ1) is 45.7. The maximum absolute atomic E-state index is 13.8. The number of carboxylic acids is 3. The van der Waals surface area contributed by atoms with E-state index in [9.17, 15) is 75.1 Å². The highest BCUT2D eigenvalue weighted by atomic mass is 33.1. The molecular weight excluding hydrogens is 1330 g/mol. The van der Waals surface area contributed by atoms with Gasteiger partial charge in [0.2, 0.25) is 33.7 Å². The number of amides is 4. The summed E-state index contributed by atoms with van der Waals surface area (Å²) < 4.78 is 73.7. The minimum Gasteiger partial charge on any atom is -0.481 e. The zero-order chi connectivity index (χ0) is 70.0. The molecule has 4 amide bonds. The zero-order valence-corrected chi connectivity index (χ0v) is 55.9. The maximum atomic E-state index is 13.8. The highest BCUT2D eigenvalue weighted by Crippen LogP contribution is 2.42. The number of aromatic amines is 1. The smallest absolute Gasteiger partial charge is 0.363 e. The average Bonchev–Trinajstić information content (AvgIpc) is 0.738. The van der Waals surface area contributed by atoms with Crippen LogP contribution in [0.3, 0.4) is 0 Å². The average molecular weight is 1400 g/mol. The van der Waals surface area contributed by atoms with Crippen LogP contribution in [0.5, 0.6) is 0 Å². The second-order valence-corrected chi connectivity index (χ2v) is 27.4. The molecule has 3 aromatic heterocycles. The van der Waals surface area contributed by atoms with Crippen molar-refractivity contribution in [1.29, 1.82) is 0 Å². The first kappa shape index (κ1) is 74.1. The summed E-state index contributed by atoms with van der Waals surface area (Å²) in [6, 6.07) is 13.6. The van der Waals surface area contributed by atoms with Gasteiger partial charge in [-0.1, -0.05) is 27.7 Å². The van der Waals surface area contributed by atoms with Gasteiger partial charge in [-0.05, 0) is 121 Å². The van der Waals surface area contributed by atoms with Crippen LogP contribution in [0.1, 0.15) is 82.3 Å². The number of benzene rings is 4. The molecule has 0 saturated carbocycles. The van der Waals surface area contributed by atoms with Crippen LogP contribution in [-0.2, 0) is 55.5 Å². The predicted octanol–water partition coefficient (Wildman–Crippen LogP) is 4.16. The van der Waals surface area contributed by atoms with E-state index in [1.54, 1.807) is 12.1 Å². The van der Waals surface area contributed by atoms with Crippen molar-refractivity contribution in [1.82, 2.24) is 45.9 Å². The third kappa shape index (κ3) is 19.7. The van der Waals surface area contributed by atoms with E-state index in [0.717, 1.165) is 39.0 Å². The van der Waals surface area contributed by atoms with E-state index in [4.69, 9.17) is 15.9 Å². The Kier molecular flexibility index (Phi) is 26.2. The molecule has 31 nitrogen and oxygen atoms in total. The minimum absolute atomic E-state index is 0.0129. The third-order valence-corrected chi connectivity index (χ3v) is 19.9. The van der Waals surface area contributed by atoms with Gasteiger partial charge in [-0.2, -0.15) is 13.4 Å². The molecule has 0 bridgehead atoms. The molecule has 0 aliphatic rings. The van der Waals surface area contributed by atoms with Gasteiger partial charge in [-0.15, -0.1) is 0 Å². The molecule has 7 aromatic rings. The molecule has 514 valence electrons. The van der Waals surface area contributed by atoms with Crippen LogP contribution in [0.4, 0.5) is 23.0 Å². The molecule has 7 rings (SSSR count). The van der Waals surface area contributed by atoms with Crippen LogP contribution < -0.4 is 58.1 Å². The number of unbranched alkanes of at least 4 members (excludes halogenated alkanes) is 1. The summed E-state index contributed by atoms with van der Waals surface area (Å²) >= 11 is 0. The van der Waals surface area contributed by atoms with Gasteiger partial charge in [0, 0.05) is 84.4 Å². The lowest BCUT2D eigenvalue weighted by Gasteiger charge is -2.24. The van der Waals surface area contributed by atoms with E-state index in [2.05, 4.69) is 61.0 Å². The summed E-state index contributed by atoms with van der Waals surface area (Å²) in [6.45, 7) is 10.8. The van der Waals surface area contributed by atoms with Gasteiger partial charge in [0.25, 0.3) is 16.0 Å². The number of aromatic nitrogens is 4. The van der Waals surface area contributed by atoms with Crippen molar-refractivity contribution in [3.63, 3.8) is 0 Å². The summed E-state index contributed by atoms with van der Waals surface area (Å²) in [6.07, 6.45) is -0.286. The second kappa shape index (κ2) is 33.9. The van der Waals surface area contributed by atoms with Crippen LogP contribution in [0, 0.1) is 0 Å². The molecule has 4 unspecified atom stereocenters. The topological polar surface area (TPSA) is 482 Å². The number of aliphatic carboxylic acids is 3. The van der Waals surface area contributed by atoms with Crippen LogP contribution >= 0.6 is 21.6 Å². The standard InChI is InChI=1S/C61H74N14O17S4/c1-5-74(6-2)37-16-19-40-47(27-37)92-48-28-38(75(7-3)8-4)17-20-41(48)52(40)42-21-18-39(29-49(42)96(89,90)91)95(87,88)66-25-26-93-94-33-46(60(85)86)71-56(80)43(11-9-10-24-62)69-57(81)45(30-51(77)78)68-50(76)23-22-44(59(83)84)70-55(79)34-12-14-35(15-13-34)64-31-36-32-65-54-53(67-36)58(82)73-61(63)72-54/h12-21,27-29,32,43-46,66H,5-11,22-26,30-31,33,62H2,1-4H3,(H11-,63,64,65,68,69,70,71,72,73,76,77,78,79,80,81,82,83,84,85,86,89,90,91)/p+1. The van der Waals surface area contributed by atoms with E-state index < -0.39 is 120 Å². The van der Waals surface area contributed by atoms with E-state index in [1.165, 1.54) is 42.6 Å². The van der Waals surface area contributed by atoms with Gasteiger partial charge in [0.15, 0.2) is 11.2 Å². The minimum atomic E-state index is -5.10. The summed E-state index contributed by atoms with van der Waals surface area (Å²) in [4.78, 5) is 120. The number of carbonyl (C=O) groups excluding carboxylic acids is 4. The van der Waals surface area contributed by atoms with Gasteiger partial charge >= 0.3 is 34.6 Å². The van der Waals surface area contributed by atoms with Gasteiger partial charge < -0.3 is 68.2 Å². The van der Waals surface area contributed by atoms with E-state index >= 15 is 0 Å². The molecule has 15 N–H and O–H groups in total. The molecule has 0 spiro atoms. The van der Waals surface area contributed by atoms with Gasteiger partial charge in [-0.3, -0.25) is 33.3 Å². The van der Waals surface area contributed by atoms with Gasteiger partial charge in [-0.25, -0.2) is 37.1 Å². The number of carboxylic acid groups (broad SMARTS) is 3. The number of H-pyrrole nitrogens is 1. The lowest BCUT2D eigenvalue weighted by molar-refractivity contribution is -0.143. The molecular formula is C61H75N14O17S4+. The number of sulfonamides is 1. The molecule has 0 radical (unpaired) electrons. The maximum Gasteiger partial charge on any atom is 0.363 e. The number of carbonyl (C=O) groups is 7. The number of rotatable bonds is 37. The van der Waals surface area contributed by atoms with Crippen LogP contribution in [-0.4, -0.2) is 173 Å². The molecule has 4 aromatic carbocycles. The molecule has 3 heterocycles. The second-order valence-electron chi connectivity index (χ2n) is 21.6. The van der Waals surface area contributed by atoms with E-state index in [0.29, 0.717) is 71.5 Å². The van der Waals surface area contributed by atoms with Crippen LogP contribution in [0.2, 0.25) is 0 Å².